The summed E-state index contributed by atoms with van der Waals surface area (Å²) in [4.78, 5) is 13.5. The molecule has 0 saturated heterocycles. The zero-order valence-corrected chi connectivity index (χ0v) is 12.6. The van der Waals surface area contributed by atoms with Crippen LogP contribution < -0.4 is 15.4 Å². The molecule has 2 N–H and O–H groups in total. The molecule has 21 heavy (non-hydrogen) atoms. The lowest BCUT2D eigenvalue weighted by Crippen LogP contribution is -2.17. The van der Waals surface area contributed by atoms with Crippen molar-refractivity contribution in [1.29, 1.82) is 0 Å². The normalized spacial score (nSPS) is 10.2. The van der Waals surface area contributed by atoms with Gasteiger partial charge in [0.25, 0.3) is 0 Å². The predicted molar refractivity (Wildman–Crippen MR) is 86.0 cm³/mol. The lowest BCUT2D eigenvalue weighted by atomic mass is 10.1. The van der Waals surface area contributed by atoms with E-state index in [0.717, 1.165) is 17.0 Å². The van der Waals surface area contributed by atoms with Crippen LogP contribution >= 0.6 is 0 Å². The topological polar surface area (TPSA) is 55.6 Å². The highest BCUT2D eigenvalue weighted by atomic mass is 16.5. The van der Waals surface area contributed by atoms with Gasteiger partial charge in [-0.2, -0.15) is 0 Å². The number of para-hydroxylation sites is 1. The van der Waals surface area contributed by atoms with Gasteiger partial charge in [-0.1, -0.05) is 18.2 Å². The first kappa shape index (κ1) is 14.9. The van der Waals surface area contributed by atoms with Gasteiger partial charge in [0.15, 0.2) is 5.78 Å². The van der Waals surface area contributed by atoms with Gasteiger partial charge in [0.2, 0.25) is 0 Å². The maximum atomic E-state index is 11.4. The molecular formula is C17H20N2O2. The van der Waals surface area contributed by atoms with E-state index >= 15 is 0 Å². The Morgan fingerprint density at radius 2 is 1.95 bits per heavy atom. The molecule has 0 heterocycles. The van der Waals surface area contributed by atoms with Gasteiger partial charge in [-0.25, -0.2) is 0 Å². The van der Waals surface area contributed by atoms with Gasteiger partial charge in [0, 0.05) is 36.1 Å². The van der Waals surface area contributed by atoms with Crippen molar-refractivity contribution < 1.29 is 9.53 Å². The Morgan fingerprint density at radius 1 is 1.24 bits per heavy atom. The van der Waals surface area contributed by atoms with Crippen molar-refractivity contribution in [3.63, 3.8) is 0 Å². The molecule has 4 heteroatoms. The Morgan fingerprint density at radius 3 is 2.57 bits per heavy atom. The van der Waals surface area contributed by atoms with Gasteiger partial charge in [-0.3, -0.25) is 4.79 Å². The summed E-state index contributed by atoms with van der Waals surface area (Å²) < 4.78 is 5.36. The van der Waals surface area contributed by atoms with Gasteiger partial charge in [-0.05, 0) is 31.2 Å². The number of nitrogens with zero attached hydrogens (tertiary/aromatic N) is 1. The van der Waals surface area contributed by atoms with E-state index in [-0.39, 0.29) is 5.78 Å². The van der Waals surface area contributed by atoms with E-state index in [2.05, 4.69) is 4.90 Å². The number of carbonyl (C=O) groups is 1. The Kier molecular flexibility index (Phi) is 4.48. The lowest BCUT2D eigenvalue weighted by molar-refractivity contribution is 0.101. The average molecular weight is 284 g/mol. The summed E-state index contributed by atoms with van der Waals surface area (Å²) in [5.74, 6) is 0.837. The third-order valence-corrected chi connectivity index (χ3v) is 3.46. The fourth-order valence-corrected chi connectivity index (χ4v) is 2.29. The van der Waals surface area contributed by atoms with E-state index in [1.807, 2.05) is 43.4 Å². The van der Waals surface area contributed by atoms with Crippen LogP contribution in [0.1, 0.15) is 22.8 Å². The summed E-state index contributed by atoms with van der Waals surface area (Å²) in [6, 6.07) is 13.4. The van der Waals surface area contributed by atoms with E-state index in [1.165, 1.54) is 6.92 Å². The number of ether oxygens (including phenoxy) is 1. The molecule has 0 aliphatic heterocycles. The predicted octanol–water partition coefficient (Wildman–Crippen LogP) is 3.12. The minimum Gasteiger partial charge on any atom is -0.496 e. The molecular weight excluding hydrogens is 264 g/mol. The summed E-state index contributed by atoms with van der Waals surface area (Å²) in [6.07, 6.45) is 0. The van der Waals surface area contributed by atoms with Crippen molar-refractivity contribution in [3.05, 3.63) is 53.6 Å². The molecule has 0 aliphatic carbocycles. The van der Waals surface area contributed by atoms with Gasteiger partial charge in [-0.15, -0.1) is 0 Å². The van der Waals surface area contributed by atoms with Gasteiger partial charge >= 0.3 is 0 Å². The zero-order chi connectivity index (χ0) is 15.4. The summed E-state index contributed by atoms with van der Waals surface area (Å²) in [7, 11) is 3.65. The number of methoxy groups -OCH3 is 1. The molecule has 0 spiro atoms. The van der Waals surface area contributed by atoms with Crippen LogP contribution in [0.5, 0.6) is 5.75 Å². The van der Waals surface area contributed by atoms with Gasteiger partial charge in [0.05, 0.1) is 7.11 Å². The molecule has 2 aromatic rings. The Labute approximate surface area is 125 Å². The third kappa shape index (κ3) is 3.34. The number of benzene rings is 2. The van der Waals surface area contributed by atoms with Crippen molar-refractivity contribution in [2.45, 2.75) is 13.5 Å². The van der Waals surface area contributed by atoms with Crippen molar-refractivity contribution in [2.24, 2.45) is 0 Å². The number of nitrogen functional groups attached to an aromatic ring is 1. The van der Waals surface area contributed by atoms with Crippen LogP contribution in [-0.4, -0.2) is 19.9 Å². The second-order valence-corrected chi connectivity index (χ2v) is 5.00. The minimum atomic E-state index is -0.0218. The number of carbonyl (C=O) groups excluding carboxylic acids is 1. The second kappa shape index (κ2) is 6.31. The van der Waals surface area contributed by atoms with Crippen molar-refractivity contribution >= 4 is 17.2 Å². The fraction of sp³-hybridized carbons (Fsp3) is 0.235. The van der Waals surface area contributed by atoms with E-state index in [9.17, 15) is 4.79 Å². The number of ketones is 1. The molecule has 0 bridgehead atoms. The summed E-state index contributed by atoms with van der Waals surface area (Å²) >= 11 is 0. The molecule has 2 aromatic carbocycles. The molecule has 0 fully saturated rings. The zero-order valence-electron chi connectivity index (χ0n) is 12.6. The van der Waals surface area contributed by atoms with Crippen molar-refractivity contribution in [2.75, 3.05) is 24.8 Å². The Bertz CT molecular complexity index is 653. The molecule has 0 amide bonds. The van der Waals surface area contributed by atoms with E-state index < -0.39 is 0 Å². The van der Waals surface area contributed by atoms with Gasteiger partial charge < -0.3 is 15.4 Å². The number of anilines is 2. The minimum absolute atomic E-state index is 0.0218. The summed E-state index contributed by atoms with van der Waals surface area (Å²) in [5, 5.41) is 0. The first-order chi connectivity index (χ1) is 10.0. The molecule has 110 valence electrons. The van der Waals surface area contributed by atoms with E-state index in [0.29, 0.717) is 17.8 Å². The average Bonchev–Trinajstić information content (AvgIpc) is 2.47. The van der Waals surface area contributed by atoms with E-state index in [4.69, 9.17) is 10.5 Å². The van der Waals surface area contributed by atoms with E-state index in [1.54, 1.807) is 13.2 Å². The number of nitrogens with two attached hydrogens (primary N) is 1. The monoisotopic (exact) mass is 284 g/mol. The maximum absolute atomic E-state index is 11.4. The number of rotatable bonds is 5. The number of hydrogen-bond donors (Lipinski definition) is 1. The molecule has 0 atom stereocenters. The van der Waals surface area contributed by atoms with Crippen LogP contribution in [0.4, 0.5) is 11.4 Å². The van der Waals surface area contributed by atoms with Crippen LogP contribution in [0.15, 0.2) is 42.5 Å². The highest BCUT2D eigenvalue weighted by molar-refractivity contribution is 5.99. The maximum Gasteiger partial charge on any atom is 0.161 e. The molecule has 4 nitrogen and oxygen atoms in total. The highest BCUT2D eigenvalue weighted by Gasteiger charge is 2.10. The first-order valence-electron chi connectivity index (χ1n) is 6.76. The van der Waals surface area contributed by atoms with Crippen molar-refractivity contribution in [3.8, 4) is 5.75 Å². The second-order valence-electron chi connectivity index (χ2n) is 5.00. The molecule has 2 rings (SSSR count). The molecule has 0 aromatic heterocycles. The quantitative estimate of drug-likeness (QED) is 0.677. The fourth-order valence-electron chi connectivity index (χ4n) is 2.29. The summed E-state index contributed by atoms with van der Waals surface area (Å²) in [5.41, 5.74) is 9.06. The molecule has 0 radical (unpaired) electrons. The molecule has 0 saturated carbocycles. The number of hydrogen-bond acceptors (Lipinski definition) is 4. The molecule has 0 aliphatic rings. The van der Waals surface area contributed by atoms with Crippen LogP contribution in [0.3, 0.4) is 0 Å². The lowest BCUT2D eigenvalue weighted by Gasteiger charge is -2.21. The van der Waals surface area contributed by atoms with Gasteiger partial charge in [0.1, 0.15) is 5.75 Å². The van der Waals surface area contributed by atoms with Crippen LogP contribution in [0.2, 0.25) is 0 Å². The van der Waals surface area contributed by atoms with Crippen LogP contribution in [0, 0.1) is 0 Å². The Balaban J connectivity index is 2.22. The molecule has 0 unspecified atom stereocenters. The van der Waals surface area contributed by atoms with Crippen LogP contribution in [0.25, 0.3) is 0 Å². The largest absolute Gasteiger partial charge is 0.496 e. The van der Waals surface area contributed by atoms with Crippen LogP contribution in [-0.2, 0) is 6.54 Å². The smallest absolute Gasteiger partial charge is 0.161 e. The standard InChI is InChI=1S/C17H20N2O2/c1-12(20)15-9-8-14(10-16(15)18)19(2)11-13-6-4-5-7-17(13)21-3/h4-10H,11,18H2,1-3H3. The highest BCUT2D eigenvalue weighted by Crippen LogP contribution is 2.25. The Hall–Kier alpha value is -2.49. The number of Topliss-reactive ketones (excluding diaryl/α,β-unsaturated/α-hetero) is 1. The summed E-state index contributed by atoms with van der Waals surface area (Å²) in [6.45, 7) is 2.22. The third-order valence-electron chi connectivity index (χ3n) is 3.46. The van der Waals surface area contributed by atoms with Crippen molar-refractivity contribution in [1.82, 2.24) is 0 Å². The first-order valence-corrected chi connectivity index (χ1v) is 6.76. The SMILES string of the molecule is COc1ccccc1CN(C)c1ccc(C(C)=O)c(N)c1.